The molecule has 1 amide bonds. The van der Waals surface area contributed by atoms with E-state index < -0.39 is 0 Å². The summed E-state index contributed by atoms with van der Waals surface area (Å²) < 4.78 is 5.37. The molecule has 1 unspecified atom stereocenters. The third-order valence-electron chi connectivity index (χ3n) is 3.07. The van der Waals surface area contributed by atoms with Crippen LogP contribution in [0.3, 0.4) is 0 Å². The number of nitrogen functional groups attached to an aromatic ring is 1. The lowest BCUT2D eigenvalue weighted by Crippen LogP contribution is -2.33. The van der Waals surface area contributed by atoms with Crippen molar-refractivity contribution in [2.24, 2.45) is 5.92 Å². The Labute approximate surface area is 111 Å². The number of halogens is 1. The summed E-state index contributed by atoms with van der Waals surface area (Å²) in [6.07, 6.45) is 2.16. The van der Waals surface area contributed by atoms with Crippen LogP contribution >= 0.6 is 11.6 Å². The molecule has 0 saturated carbocycles. The number of rotatable bonds is 3. The summed E-state index contributed by atoms with van der Waals surface area (Å²) in [7, 11) is 0. The smallest absolute Gasteiger partial charge is 0.251 e. The first kappa shape index (κ1) is 13.2. The Morgan fingerprint density at radius 1 is 1.56 bits per heavy atom. The third-order valence-corrected chi connectivity index (χ3v) is 3.40. The molecule has 1 heterocycles. The molecule has 1 aliphatic rings. The third kappa shape index (κ3) is 3.37. The molecule has 1 aromatic carbocycles. The first-order chi connectivity index (χ1) is 8.66. The zero-order valence-electron chi connectivity index (χ0n) is 10.1. The highest BCUT2D eigenvalue weighted by atomic mass is 35.5. The molecule has 0 aliphatic carbocycles. The van der Waals surface area contributed by atoms with Crippen molar-refractivity contribution in [2.75, 3.05) is 25.5 Å². The van der Waals surface area contributed by atoms with Gasteiger partial charge in [-0.1, -0.05) is 11.6 Å². The molecule has 2 rings (SSSR count). The van der Waals surface area contributed by atoms with Gasteiger partial charge < -0.3 is 15.8 Å². The Morgan fingerprint density at radius 2 is 2.39 bits per heavy atom. The summed E-state index contributed by atoms with van der Waals surface area (Å²) >= 11 is 5.88. The summed E-state index contributed by atoms with van der Waals surface area (Å²) in [4.78, 5) is 11.9. The maximum atomic E-state index is 11.9. The van der Waals surface area contributed by atoms with E-state index in [1.54, 1.807) is 18.2 Å². The van der Waals surface area contributed by atoms with E-state index in [1.165, 1.54) is 0 Å². The van der Waals surface area contributed by atoms with E-state index in [0.717, 1.165) is 26.1 Å². The molecular formula is C13H17ClN2O2. The van der Waals surface area contributed by atoms with Gasteiger partial charge in [-0.2, -0.15) is 0 Å². The molecule has 4 nitrogen and oxygen atoms in total. The fourth-order valence-electron chi connectivity index (χ4n) is 1.98. The highest BCUT2D eigenvalue weighted by Gasteiger charge is 2.15. The molecule has 98 valence electrons. The van der Waals surface area contributed by atoms with Gasteiger partial charge in [0.05, 0.1) is 17.3 Å². The zero-order valence-corrected chi connectivity index (χ0v) is 10.9. The van der Waals surface area contributed by atoms with E-state index in [0.29, 0.717) is 28.7 Å². The lowest BCUT2D eigenvalue weighted by atomic mass is 10.0. The minimum atomic E-state index is -0.123. The minimum absolute atomic E-state index is 0.123. The van der Waals surface area contributed by atoms with Gasteiger partial charge in [0, 0.05) is 18.7 Å². The van der Waals surface area contributed by atoms with Crippen LogP contribution in [0.5, 0.6) is 0 Å². The number of benzene rings is 1. The molecule has 0 spiro atoms. The highest BCUT2D eigenvalue weighted by Crippen LogP contribution is 2.19. The normalized spacial score (nSPS) is 19.5. The lowest BCUT2D eigenvalue weighted by Gasteiger charge is -2.22. The van der Waals surface area contributed by atoms with Crippen molar-refractivity contribution in [2.45, 2.75) is 12.8 Å². The maximum absolute atomic E-state index is 11.9. The van der Waals surface area contributed by atoms with Crippen molar-refractivity contribution in [3.8, 4) is 0 Å². The van der Waals surface area contributed by atoms with Gasteiger partial charge in [0.15, 0.2) is 0 Å². The molecule has 0 bridgehead atoms. The minimum Gasteiger partial charge on any atom is -0.398 e. The second kappa shape index (κ2) is 6.07. The Hall–Kier alpha value is -1.26. The van der Waals surface area contributed by atoms with E-state index in [-0.39, 0.29) is 5.91 Å². The molecule has 1 aliphatic heterocycles. The Morgan fingerprint density at radius 3 is 3.06 bits per heavy atom. The summed E-state index contributed by atoms with van der Waals surface area (Å²) in [6, 6.07) is 4.90. The van der Waals surface area contributed by atoms with Gasteiger partial charge in [0.2, 0.25) is 0 Å². The van der Waals surface area contributed by atoms with Crippen LogP contribution < -0.4 is 11.1 Å². The van der Waals surface area contributed by atoms with Crippen LogP contribution in [0.1, 0.15) is 23.2 Å². The molecule has 1 saturated heterocycles. The van der Waals surface area contributed by atoms with Gasteiger partial charge in [0.1, 0.15) is 0 Å². The van der Waals surface area contributed by atoms with Gasteiger partial charge in [-0.05, 0) is 37.0 Å². The van der Waals surface area contributed by atoms with Crippen LogP contribution in [0.4, 0.5) is 5.69 Å². The van der Waals surface area contributed by atoms with E-state index in [1.807, 2.05) is 0 Å². The fraction of sp³-hybridized carbons (Fsp3) is 0.462. The number of carbonyl (C=O) groups is 1. The number of hydrogen-bond donors (Lipinski definition) is 2. The molecule has 3 N–H and O–H groups in total. The molecule has 18 heavy (non-hydrogen) atoms. The molecule has 1 atom stereocenters. The monoisotopic (exact) mass is 268 g/mol. The molecule has 0 radical (unpaired) electrons. The second-order valence-corrected chi connectivity index (χ2v) is 4.94. The number of ether oxygens (including phenoxy) is 1. The molecule has 0 aromatic heterocycles. The average Bonchev–Trinajstić information content (AvgIpc) is 2.40. The van der Waals surface area contributed by atoms with Crippen molar-refractivity contribution in [1.82, 2.24) is 5.32 Å². The molecular weight excluding hydrogens is 252 g/mol. The number of amides is 1. The quantitative estimate of drug-likeness (QED) is 0.825. The Kier molecular flexibility index (Phi) is 4.44. The van der Waals surface area contributed by atoms with Crippen LogP contribution in [-0.2, 0) is 4.74 Å². The van der Waals surface area contributed by atoms with Crippen molar-refractivity contribution in [3.05, 3.63) is 28.8 Å². The second-order valence-electron chi connectivity index (χ2n) is 4.53. The van der Waals surface area contributed by atoms with E-state index in [4.69, 9.17) is 22.1 Å². The number of hydrogen-bond acceptors (Lipinski definition) is 3. The summed E-state index contributed by atoms with van der Waals surface area (Å²) in [6.45, 7) is 2.20. The van der Waals surface area contributed by atoms with Crippen LogP contribution in [0, 0.1) is 5.92 Å². The fourth-order valence-corrected chi connectivity index (χ4v) is 2.16. The van der Waals surface area contributed by atoms with Crippen LogP contribution in [0.15, 0.2) is 18.2 Å². The van der Waals surface area contributed by atoms with Gasteiger partial charge in [-0.3, -0.25) is 4.79 Å². The van der Waals surface area contributed by atoms with Crippen LogP contribution in [0.2, 0.25) is 5.02 Å². The average molecular weight is 269 g/mol. The molecule has 1 fully saturated rings. The van der Waals surface area contributed by atoms with Gasteiger partial charge >= 0.3 is 0 Å². The SMILES string of the molecule is Nc1ccc(C(=O)NCC2CCCOC2)cc1Cl. The summed E-state index contributed by atoms with van der Waals surface area (Å²) in [5.74, 6) is 0.287. The predicted octanol–water partition coefficient (Wildman–Crippen LogP) is 2.08. The summed E-state index contributed by atoms with van der Waals surface area (Å²) in [5.41, 5.74) is 6.61. The van der Waals surface area contributed by atoms with Crippen molar-refractivity contribution >= 4 is 23.2 Å². The molecule has 1 aromatic rings. The number of carbonyl (C=O) groups excluding carboxylic acids is 1. The number of anilines is 1. The van der Waals surface area contributed by atoms with E-state index in [9.17, 15) is 4.79 Å². The highest BCUT2D eigenvalue weighted by molar-refractivity contribution is 6.33. The lowest BCUT2D eigenvalue weighted by molar-refractivity contribution is 0.0536. The largest absolute Gasteiger partial charge is 0.398 e. The van der Waals surface area contributed by atoms with Crippen molar-refractivity contribution in [1.29, 1.82) is 0 Å². The zero-order chi connectivity index (χ0) is 13.0. The number of nitrogens with two attached hydrogens (primary N) is 1. The van der Waals surface area contributed by atoms with Crippen molar-refractivity contribution in [3.63, 3.8) is 0 Å². The first-order valence-corrected chi connectivity index (χ1v) is 6.45. The van der Waals surface area contributed by atoms with Crippen LogP contribution in [-0.4, -0.2) is 25.7 Å². The predicted molar refractivity (Wildman–Crippen MR) is 71.7 cm³/mol. The Bertz CT molecular complexity index is 431. The topological polar surface area (TPSA) is 64.4 Å². The number of nitrogens with one attached hydrogen (secondary N) is 1. The first-order valence-electron chi connectivity index (χ1n) is 6.08. The van der Waals surface area contributed by atoms with E-state index in [2.05, 4.69) is 5.32 Å². The van der Waals surface area contributed by atoms with Crippen LogP contribution in [0.25, 0.3) is 0 Å². The van der Waals surface area contributed by atoms with Gasteiger partial charge in [-0.15, -0.1) is 0 Å². The summed E-state index contributed by atoms with van der Waals surface area (Å²) in [5, 5.41) is 3.30. The standard InChI is InChI=1S/C13H17ClN2O2/c14-11-6-10(3-4-12(11)15)13(17)16-7-9-2-1-5-18-8-9/h3-4,6,9H,1-2,5,7-8,15H2,(H,16,17). The Balaban J connectivity index is 1.88. The van der Waals surface area contributed by atoms with Gasteiger partial charge in [0.25, 0.3) is 5.91 Å². The van der Waals surface area contributed by atoms with Crippen molar-refractivity contribution < 1.29 is 9.53 Å². The van der Waals surface area contributed by atoms with E-state index >= 15 is 0 Å². The van der Waals surface area contributed by atoms with Gasteiger partial charge in [-0.25, -0.2) is 0 Å². The molecule has 5 heteroatoms. The maximum Gasteiger partial charge on any atom is 0.251 e.